The first-order valence-corrected chi connectivity index (χ1v) is 6.87. The molecule has 0 radical (unpaired) electrons. The van der Waals surface area contributed by atoms with Crippen LogP contribution in [0.3, 0.4) is 0 Å². The molecular formula is C19H20. The average molecular weight is 248 g/mol. The topological polar surface area (TPSA) is 0 Å². The summed E-state index contributed by atoms with van der Waals surface area (Å²) >= 11 is 0. The van der Waals surface area contributed by atoms with Crippen LogP contribution in [0.2, 0.25) is 0 Å². The zero-order chi connectivity index (χ0) is 13.5. The first kappa shape index (κ1) is 13.4. The van der Waals surface area contributed by atoms with E-state index >= 15 is 0 Å². The van der Waals surface area contributed by atoms with Crippen molar-refractivity contribution >= 4 is 0 Å². The number of rotatable bonds is 3. The molecule has 0 bridgehead atoms. The number of hydrogen-bond donors (Lipinski definition) is 0. The molecule has 0 aliphatic rings. The van der Waals surface area contributed by atoms with Gasteiger partial charge in [0.25, 0.3) is 0 Å². The Morgan fingerprint density at radius 1 is 0.842 bits per heavy atom. The Morgan fingerprint density at radius 3 is 2.00 bits per heavy atom. The maximum atomic E-state index is 3.43. The summed E-state index contributed by atoms with van der Waals surface area (Å²) in [5, 5.41) is 0. The molecule has 0 fully saturated rings. The zero-order valence-electron chi connectivity index (χ0n) is 11.6. The summed E-state index contributed by atoms with van der Waals surface area (Å²) in [6, 6.07) is 20.8. The van der Waals surface area contributed by atoms with Gasteiger partial charge in [0, 0.05) is 11.5 Å². The molecule has 1 atom stereocenters. The molecule has 0 aliphatic carbocycles. The third kappa shape index (κ3) is 4.30. The van der Waals surface area contributed by atoms with E-state index in [1.165, 1.54) is 5.56 Å². The molecule has 0 aliphatic heterocycles. The molecule has 0 unspecified atom stereocenters. The van der Waals surface area contributed by atoms with Crippen LogP contribution >= 0.6 is 0 Å². The fourth-order valence-electron chi connectivity index (χ4n) is 2.13. The lowest BCUT2D eigenvalue weighted by Gasteiger charge is -2.13. The lowest BCUT2D eigenvalue weighted by atomic mass is 9.90. The maximum absolute atomic E-state index is 3.43. The third-order valence-electron chi connectivity index (χ3n) is 3.07. The van der Waals surface area contributed by atoms with Gasteiger partial charge in [-0.1, -0.05) is 74.2 Å². The van der Waals surface area contributed by atoms with Gasteiger partial charge in [-0.15, -0.1) is 0 Å². The van der Waals surface area contributed by atoms with Crippen LogP contribution in [-0.4, -0.2) is 0 Å². The molecule has 0 amide bonds. The van der Waals surface area contributed by atoms with Crippen molar-refractivity contribution in [2.45, 2.75) is 26.2 Å². The van der Waals surface area contributed by atoms with Crippen LogP contribution in [0.5, 0.6) is 0 Å². The quantitative estimate of drug-likeness (QED) is 0.680. The van der Waals surface area contributed by atoms with Crippen molar-refractivity contribution in [1.82, 2.24) is 0 Å². The second-order valence-corrected chi connectivity index (χ2v) is 5.23. The van der Waals surface area contributed by atoms with E-state index in [1.54, 1.807) is 0 Å². The summed E-state index contributed by atoms with van der Waals surface area (Å²) in [7, 11) is 0. The average Bonchev–Trinajstić information content (AvgIpc) is 2.45. The molecule has 0 heterocycles. The van der Waals surface area contributed by atoms with E-state index in [0.717, 1.165) is 12.0 Å². The Balaban J connectivity index is 2.22. The van der Waals surface area contributed by atoms with Crippen LogP contribution < -0.4 is 0 Å². The van der Waals surface area contributed by atoms with Crippen molar-refractivity contribution in [2.75, 3.05) is 0 Å². The Morgan fingerprint density at radius 2 is 1.42 bits per heavy atom. The van der Waals surface area contributed by atoms with Crippen molar-refractivity contribution in [3.63, 3.8) is 0 Å². The van der Waals surface area contributed by atoms with Crippen LogP contribution in [0.25, 0.3) is 0 Å². The molecule has 0 saturated carbocycles. The minimum absolute atomic E-state index is 0.321. The van der Waals surface area contributed by atoms with E-state index in [0.29, 0.717) is 11.8 Å². The molecule has 0 N–H and O–H groups in total. The third-order valence-corrected chi connectivity index (χ3v) is 3.07. The lowest BCUT2D eigenvalue weighted by molar-refractivity contribution is 0.558. The van der Waals surface area contributed by atoms with Gasteiger partial charge in [-0.3, -0.25) is 0 Å². The minimum atomic E-state index is 0.321. The molecule has 2 aromatic rings. The molecule has 2 rings (SSSR count). The Bertz CT molecular complexity index is 541. The SMILES string of the molecule is CC(C)C[C@@H](C#Cc1ccccc1)c1ccccc1. The molecule has 0 aromatic heterocycles. The monoisotopic (exact) mass is 248 g/mol. The van der Waals surface area contributed by atoms with Crippen molar-refractivity contribution in [2.24, 2.45) is 5.92 Å². The highest BCUT2D eigenvalue weighted by molar-refractivity contribution is 5.37. The molecular weight excluding hydrogens is 228 g/mol. The summed E-state index contributed by atoms with van der Waals surface area (Å²) in [6.07, 6.45) is 1.10. The zero-order valence-corrected chi connectivity index (χ0v) is 11.6. The first-order valence-electron chi connectivity index (χ1n) is 6.87. The van der Waals surface area contributed by atoms with Crippen molar-refractivity contribution in [1.29, 1.82) is 0 Å². The molecule has 19 heavy (non-hydrogen) atoms. The summed E-state index contributed by atoms with van der Waals surface area (Å²) in [6.45, 7) is 4.50. The van der Waals surface area contributed by atoms with Crippen LogP contribution in [0.4, 0.5) is 0 Å². The second-order valence-electron chi connectivity index (χ2n) is 5.23. The Kier molecular flexibility index (Phi) is 4.81. The van der Waals surface area contributed by atoms with E-state index in [1.807, 2.05) is 18.2 Å². The second kappa shape index (κ2) is 6.81. The van der Waals surface area contributed by atoms with Gasteiger partial charge in [0.1, 0.15) is 0 Å². The van der Waals surface area contributed by atoms with Crippen LogP contribution in [0.1, 0.15) is 37.3 Å². The van der Waals surface area contributed by atoms with E-state index in [-0.39, 0.29) is 0 Å². The molecule has 96 valence electrons. The van der Waals surface area contributed by atoms with Crippen LogP contribution in [0.15, 0.2) is 60.7 Å². The fraction of sp³-hybridized carbons (Fsp3) is 0.263. The Hall–Kier alpha value is -2.00. The van der Waals surface area contributed by atoms with E-state index < -0.39 is 0 Å². The number of benzene rings is 2. The summed E-state index contributed by atoms with van der Waals surface area (Å²) < 4.78 is 0. The fourth-order valence-corrected chi connectivity index (χ4v) is 2.13. The maximum Gasteiger partial charge on any atom is 0.0458 e. The predicted octanol–water partition coefficient (Wildman–Crippen LogP) is 4.87. The molecule has 0 heteroatoms. The lowest BCUT2D eigenvalue weighted by Crippen LogP contribution is -2.00. The van der Waals surface area contributed by atoms with Crippen molar-refractivity contribution in [3.05, 3.63) is 71.8 Å². The highest BCUT2D eigenvalue weighted by Gasteiger charge is 2.09. The minimum Gasteiger partial charge on any atom is -0.0897 e. The molecule has 2 aromatic carbocycles. The number of hydrogen-bond acceptors (Lipinski definition) is 0. The van der Waals surface area contributed by atoms with Gasteiger partial charge in [0.2, 0.25) is 0 Å². The van der Waals surface area contributed by atoms with E-state index in [9.17, 15) is 0 Å². The summed E-state index contributed by atoms with van der Waals surface area (Å²) in [5.74, 6) is 7.70. The summed E-state index contributed by atoms with van der Waals surface area (Å²) in [4.78, 5) is 0. The van der Waals surface area contributed by atoms with Gasteiger partial charge >= 0.3 is 0 Å². The van der Waals surface area contributed by atoms with Gasteiger partial charge < -0.3 is 0 Å². The predicted molar refractivity (Wildman–Crippen MR) is 82.0 cm³/mol. The van der Waals surface area contributed by atoms with Gasteiger partial charge in [0.15, 0.2) is 0 Å². The standard InChI is InChI=1S/C19H20/c1-16(2)15-19(18-11-7-4-8-12-18)14-13-17-9-5-3-6-10-17/h3-12,16,19H,15H2,1-2H3/t19-/m1/s1. The van der Waals surface area contributed by atoms with Crippen LogP contribution in [-0.2, 0) is 0 Å². The Labute approximate surface area is 116 Å². The normalized spacial score (nSPS) is 11.7. The van der Waals surface area contributed by atoms with Gasteiger partial charge in [-0.25, -0.2) is 0 Å². The highest BCUT2D eigenvalue weighted by atomic mass is 14.1. The van der Waals surface area contributed by atoms with Crippen LogP contribution in [0, 0.1) is 17.8 Å². The largest absolute Gasteiger partial charge is 0.0897 e. The smallest absolute Gasteiger partial charge is 0.0458 e. The van der Waals surface area contributed by atoms with E-state index in [4.69, 9.17) is 0 Å². The van der Waals surface area contributed by atoms with Gasteiger partial charge in [-0.05, 0) is 30.0 Å². The first-order chi connectivity index (χ1) is 9.25. The molecule has 0 spiro atoms. The van der Waals surface area contributed by atoms with Gasteiger partial charge in [-0.2, -0.15) is 0 Å². The highest BCUT2D eigenvalue weighted by Crippen LogP contribution is 2.23. The molecule has 0 saturated heterocycles. The van der Waals surface area contributed by atoms with E-state index in [2.05, 4.69) is 68.2 Å². The molecule has 0 nitrogen and oxygen atoms in total. The van der Waals surface area contributed by atoms with Gasteiger partial charge in [0.05, 0.1) is 0 Å². The van der Waals surface area contributed by atoms with Crippen molar-refractivity contribution in [3.8, 4) is 11.8 Å². The summed E-state index contributed by atoms with van der Waals surface area (Å²) in [5.41, 5.74) is 2.41. The van der Waals surface area contributed by atoms with Crippen molar-refractivity contribution < 1.29 is 0 Å².